The molecule has 42 heavy (non-hydrogen) atoms. The Kier molecular flexibility index (Phi) is 11.4. The van der Waals surface area contributed by atoms with Gasteiger partial charge in [-0.05, 0) is 48.9 Å². The van der Waals surface area contributed by atoms with Crippen LogP contribution in [0.4, 0.5) is 4.79 Å². The van der Waals surface area contributed by atoms with Gasteiger partial charge in [0.05, 0.1) is 42.3 Å². The van der Waals surface area contributed by atoms with Crippen LogP contribution >= 0.6 is 0 Å². The summed E-state index contributed by atoms with van der Waals surface area (Å²) in [6.45, 7) is 6.42. The molecule has 1 amide bonds. The number of carbonyl (C=O) groups excluding carboxylic acids is 1. The van der Waals surface area contributed by atoms with Crippen LogP contribution in [0.3, 0.4) is 0 Å². The van der Waals surface area contributed by atoms with E-state index in [0.717, 1.165) is 24.8 Å². The number of aliphatic hydroxyl groups excluding tert-OH is 2. The number of ether oxygens (including phenoxy) is 3. The predicted octanol–water partition coefficient (Wildman–Crippen LogP) is 3.63. The van der Waals surface area contributed by atoms with Crippen molar-refractivity contribution < 1.29 is 37.6 Å². The minimum Gasteiger partial charge on any atom is -0.443 e. The number of amides is 1. The van der Waals surface area contributed by atoms with Gasteiger partial charge in [0.2, 0.25) is 10.0 Å². The molecule has 2 aromatic carbocycles. The van der Waals surface area contributed by atoms with Gasteiger partial charge in [-0.25, -0.2) is 13.2 Å². The maximum absolute atomic E-state index is 13.9. The van der Waals surface area contributed by atoms with Crippen LogP contribution in [0, 0.1) is 11.8 Å². The van der Waals surface area contributed by atoms with Crippen LogP contribution in [-0.4, -0.2) is 79.9 Å². The normalized spacial score (nSPS) is 22.6. The minimum absolute atomic E-state index is 0.0332. The van der Waals surface area contributed by atoms with E-state index in [9.17, 15) is 23.4 Å². The highest BCUT2D eigenvalue weighted by molar-refractivity contribution is 7.89. The van der Waals surface area contributed by atoms with Crippen LogP contribution in [0.1, 0.15) is 57.3 Å². The number of hydrogen-bond acceptors (Lipinski definition) is 8. The molecular formula is C31H44N2O8S. The van der Waals surface area contributed by atoms with Crippen LogP contribution in [0.15, 0.2) is 59.5 Å². The largest absolute Gasteiger partial charge is 0.443 e. The number of carbonyl (C=O) groups is 1. The van der Waals surface area contributed by atoms with E-state index in [-0.39, 0.29) is 49.1 Å². The van der Waals surface area contributed by atoms with E-state index in [1.165, 1.54) is 16.4 Å². The molecule has 2 saturated heterocycles. The highest BCUT2D eigenvalue weighted by Crippen LogP contribution is 2.33. The Morgan fingerprint density at radius 1 is 1.05 bits per heavy atom. The molecular weight excluding hydrogens is 560 g/mol. The van der Waals surface area contributed by atoms with Crippen molar-refractivity contribution in [2.24, 2.45) is 11.8 Å². The summed E-state index contributed by atoms with van der Waals surface area (Å²) in [6.07, 6.45) is -0.929. The number of rotatable bonds is 14. The van der Waals surface area contributed by atoms with Crippen molar-refractivity contribution in [2.45, 2.75) is 82.0 Å². The summed E-state index contributed by atoms with van der Waals surface area (Å²) in [4.78, 5) is 13.1. The molecule has 0 saturated carbocycles. The number of alkyl carbamates (subject to hydrolysis) is 1. The first-order valence-electron chi connectivity index (χ1n) is 14.8. The molecule has 2 fully saturated rings. The zero-order chi connectivity index (χ0) is 30.3. The first kappa shape index (κ1) is 32.4. The van der Waals surface area contributed by atoms with Crippen molar-refractivity contribution in [1.29, 1.82) is 0 Å². The fourth-order valence-corrected chi connectivity index (χ4v) is 7.06. The van der Waals surface area contributed by atoms with Crippen LogP contribution < -0.4 is 5.32 Å². The van der Waals surface area contributed by atoms with Gasteiger partial charge >= 0.3 is 6.09 Å². The zero-order valence-electron chi connectivity index (χ0n) is 24.6. The highest BCUT2D eigenvalue weighted by Gasteiger charge is 2.44. The van der Waals surface area contributed by atoms with E-state index in [0.29, 0.717) is 12.2 Å². The lowest BCUT2D eigenvalue weighted by Gasteiger charge is -2.31. The second-order valence-electron chi connectivity index (χ2n) is 11.2. The molecule has 0 aliphatic carbocycles. The molecule has 11 heteroatoms. The smallest absolute Gasteiger partial charge is 0.407 e. The van der Waals surface area contributed by atoms with E-state index in [1.54, 1.807) is 19.1 Å². The van der Waals surface area contributed by atoms with Crippen molar-refractivity contribution in [1.82, 2.24) is 9.62 Å². The SMILES string of the molecule is CCC(CC)CN(C[C@@H](O)[C@H](Cc1ccccc1)NC(=O)O[C@H]1CO[C@H]2OCC[C@H]21)S(=O)(=O)c1ccc([C@@H](C)O)cc1. The first-order chi connectivity index (χ1) is 20.1. The fourth-order valence-electron chi connectivity index (χ4n) is 5.53. The molecule has 0 bridgehead atoms. The second-order valence-corrected chi connectivity index (χ2v) is 13.2. The monoisotopic (exact) mass is 604 g/mol. The van der Waals surface area contributed by atoms with Gasteiger partial charge in [0.1, 0.15) is 6.10 Å². The lowest BCUT2D eigenvalue weighted by Crippen LogP contribution is -2.52. The highest BCUT2D eigenvalue weighted by atomic mass is 32.2. The van der Waals surface area contributed by atoms with Gasteiger partial charge < -0.3 is 29.7 Å². The van der Waals surface area contributed by atoms with Gasteiger partial charge in [0.15, 0.2) is 6.29 Å². The van der Waals surface area contributed by atoms with Gasteiger partial charge in [0.25, 0.3) is 0 Å². The lowest BCUT2D eigenvalue weighted by atomic mass is 10.0. The lowest BCUT2D eigenvalue weighted by molar-refractivity contribution is -0.0907. The Morgan fingerprint density at radius 3 is 2.38 bits per heavy atom. The molecule has 4 rings (SSSR count). The molecule has 2 aromatic rings. The fraction of sp³-hybridized carbons (Fsp3) is 0.581. The van der Waals surface area contributed by atoms with Crippen LogP contribution in [-0.2, 0) is 30.7 Å². The molecule has 6 atom stereocenters. The van der Waals surface area contributed by atoms with Crippen molar-refractivity contribution in [3.8, 4) is 0 Å². The molecule has 2 aliphatic rings. The summed E-state index contributed by atoms with van der Waals surface area (Å²) in [5.41, 5.74) is 1.48. The number of fused-ring (bicyclic) bond motifs is 1. The number of hydrogen-bond donors (Lipinski definition) is 3. The number of sulfonamides is 1. The van der Waals surface area contributed by atoms with Crippen LogP contribution in [0.5, 0.6) is 0 Å². The Balaban J connectivity index is 1.54. The topological polar surface area (TPSA) is 135 Å². The summed E-state index contributed by atoms with van der Waals surface area (Å²) in [6, 6.07) is 14.7. The molecule has 0 radical (unpaired) electrons. The average Bonchev–Trinajstić information content (AvgIpc) is 3.60. The molecule has 2 heterocycles. The third kappa shape index (κ3) is 8.09. The molecule has 0 spiro atoms. The number of aliphatic hydroxyl groups is 2. The van der Waals surface area contributed by atoms with Crippen LogP contribution in [0.25, 0.3) is 0 Å². The van der Waals surface area contributed by atoms with E-state index >= 15 is 0 Å². The Hall–Kier alpha value is -2.54. The quantitative estimate of drug-likeness (QED) is 0.298. The molecule has 0 unspecified atom stereocenters. The maximum atomic E-state index is 13.9. The van der Waals surface area contributed by atoms with E-state index < -0.39 is 40.5 Å². The number of nitrogens with one attached hydrogen (secondary N) is 1. The summed E-state index contributed by atoms with van der Waals surface area (Å²) < 4.78 is 45.8. The van der Waals surface area contributed by atoms with Crippen molar-refractivity contribution in [3.63, 3.8) is 0 Å². The van der Waals surface area contributed by atoms with Crippen molar-refractivity contribution in [2.75, 3.05) is 26.3 Å². The summed E-state index contributed by atoms with van der Waals surface area (Å²) >= 11 is 0. The third-order valence-electron chi connectivity index (χ3n) is 8.32. The van der Waals surface area contributed by atoms with Gasteiger partial charge in [-0.3, -0.25) is 0 Å². The maximum Gasteiger partial charge on any atom is 0.407 e. The molecule has 10 nitrogen and oxygen atoms in total. The third-order valence-corrected chi connectivity index (χ3v) is 10.2. The number of benzene rings is 2. The molecule has 232 valence electrons. The van der Waals surface area contributed by atoms with Crippen molar-refractivity contribution in [3.05, 3.63) is 65.7 Å². The molecule has 3 N–H and O–H groups in total. The van der Waals surface area contributed by atoms with Crippen molar-refractivity contribution >= 4 is 16.1 Å². The summed E-state index contributed by atoms with van der Waals surface area (Å²) in [7, 11) is -4.00. The zero-order valence-corrected chi connectivity index (χ0v) is 25.4. The van der Waals surface area contributed by atoms with Crippen LogP contribution in [0.2, 0.25) is 0 Å². The molecule has 0 aromatic heterocycles. The first-order valence-corrected chi connectivity index (χ1v) is 16.3. The van der Waals surface area contributed by atoms with E-state index in [4.69, 9.17) is 14.2 Å². The molecule has 2 aliphatic heterocycles. The number of nitrogens with zero attached hydrogens (tertiary/aromatic N) is 1. The summed E-state index contributed by atoms with van der Waals surface area (Å²) in [5.74, 6) is 0.0484. The minimum atomic E-state index is -4.00. The van der Waals surface area contributed by atoms with Gasteiger partial charge in [-0.2, -0.15) is 4.31 Å². The average molecular weight is 605 g/mol. The van der Waals surface area contributed by atoms with Gasteiger partial charge in [-0.1, -0.05) is 69.2 Å². The van der Waals surface area contributed by atoms with E-state index in [1.807, 2.05) is 44.2 Å². The summed E-state index contributed by atoms with van der Waals surface area (Å²) in [5, 5.41) is 24.2. The van der Waals surface area contributed by atoms with Gasteiger partial charge in [-0.15, -0.1) is 0 Å². The predicted molar refractivity (Wildman–Crippen MR) is 157 cm³/mol. The van der Waals surface area contributed by atoms with E-state index in [2.05, 4.69) is 5.32 Å². The standard InChI is InChI=1S/C31H44N2O8S/c1-4-22(5-2)18-33(42(37,38)25-13-11-24(12-14-25)21(3)34)19-28(35)27(17-23-9-7-6-8-10-23)32-31(36)41-29-20-40-30-26(29)15-16-39-30/h6-14,21-22,26-30,34-35H,4-5,15-20H2,1-3H3,(H,32,36)/t21-,26+,27+,28-,29+,30-/m1/s1. The van der Waals surface area contributed by atoms with Gasteiger partial charge in [0, 0.05) is 13.1 Å². The Bertz CT molecular complexity index is 1240. The Labute approximate surface area is 249 Å². The second kappa shape index (κ2) is 14.8. The Morgan fingerprint density at radius 2 is 1.74 bits per heavy atom.